The molecule has 0 aliphatic rings. The SMILES string of the molecule is COC(=O)P(=O)(F)F. The Labute approximate surface area is 44.2 Å². The number of hydrogen-bond acceptors (Lipinski definition) is 3. The minimum Gasteiger partial charge on any atom is -0.460 e. The zero-order valence-corrected chi connectivity index (χ0v) is 4.82. The van der Waals surface area contributed by atoms with Crippen molar-refractivity contribution in [3.8, 4) is 0 Å². The Hall–Kier alpha value is -0.440. The van der Waals surface area contributed by atoms with Crippen molar-refractivity contribution < 1.29 is 22.5 Å². The lowest BCUT2D eigenvalue weighted by atomic mass is 11.5. The molecule has 0 aromatic carbocycles. The van der Waals surface area contributed by atoms with E-state index in [0.717, 1.165) is 7.11 Å². The first-order valence-corrected chi connectivity index (χ1v) is 3.05. The largest absolute Gasteiger partial charge is 0.510 e. The molecule has 8 heavy (non-hydrogen) atoms. The number of carbonyl (C=O) groups is 1. The Balaban J connectivity index is 4.04. The lowest BCUT2D eigenvalue weighted by Crippen LogP contribution is -1.90. The van der Waals surface area contributed by atoms with Crippen LogP contribution < -0.4 is 0 Å². The van der Waals surface area contributed by atoms with Gasteiger partial charge in [0.1, 0.15) is 0 Å². The Kier molecular flexibility index (Phi) is 2.10. The number of rotatable bonds is 1. The van der Waals surface area contributed by atoms with Crippen LogP contribution in [-0.4, -0.2) is 12.8 Å². The van der Waals surface area contributed by atoms with Gasteiger partial charge in [-0.25, -0.2) is 9.36 Å². The molecule has 0 unspecified atom stereocenters. The van der Waals surface area contributed by atoms with Crippen LogP contribution in [0.3, 0.4) is 0 Å². The van der Waals surface area contributed by atoms with E-state index < -0.39 is 13.5 Å². The molecule has 0 saturated heterocycles. The average Bonchev–Trinajstić information content (AvgIpc) is 1.62. The molecule has 0 atom stereocenters. The minimum absolute atomic E-state index is 0.744. The number of carbonyl (C=O) groups excluding carboxylic acids is 1. The molecule has 0 bridgehead atoms. The van der Waals surface area contributed by atoms with Crippen molar-refractivity contribution in [3.63, 3.8) is 0 Å². The molecule has 0 spiro atoms. The van der Waals surface area contributed by atoms with Crippen molar-refractivity contribution in [1.29, 1.82) is 0 Å². The van der Waals surface area contributed by atoms with Gasteiger partial charge >= 0.3 is 13.5 Å². The van der Waals surface area contributed by atoms with Gasteiger partial charge in [-0.15, -0.1) is 8.39 Å². The van der Waals surface area contributed by atoms with Crippen LogP contribution in [0.15, 0.2) is 0 Å². The quantitative estimate of drug-likeness (QED) is 0.527. The molecule has 0 fully saturated rings. The summed E-state index contributed by atoms with van der Waals surface area (Å²) in [5.74, 6) is 0. The number of ether oxygens (including phenoxy) is 1. The summed E-state index contributed by atoms with van der Waals surface area (Å²) in [6.07, 6.45) is 0. The first kappa shape index (κ1) is 7.56. The summed E-state index contributed by atoms with van der Waals surface area (Å²) >= 11 is 0. The predicted molar refractivity (Wildman–Crippen MR) is 22.2 cm³/mol. The molecule has 0 N–H and O–H groups in total. The highest BCUT2D eigenvalue weighted by molar-refractivity contribution is 7.70. The normalized spacial score (nSPS) is 10.9. The maximum Gasteiger partial charge on any atom is 0.510 e. The van der Waals surface area contributed by atoms with Crippen molar-refractivity contribution >= 4 is 13.5 Å². The number of methoxy groups -OCH3 is 1. The van der Waals surface area contributed by atoms with Crippen molar-refractivity contribution in [2.75, 3.05) is 7.11 Å². The summed E-state index contributed by atoms with van der Waals surface area (Å²) < 4.78 is 35.2. The van der Waals surface area contributed by atoms with Gasteiger partial charge in [-0.2, -0.15) is 0 Å². The summed E-state index contributed by atoms with van der Waals surface area (Å²) in [7, 11) is -4.87. The second kappa shape index (κ2) is 2.22. The van der Waals surface area contributed by atoms with E-state index in [-0.39, 0.29) is 0 Å². The van der Waals surface area contributed by atoms with Gasteiger partial charge in [0.2, 0.25) is 0 Å². The molecular weight excluding hydrogens is 141 g/mol. The molecule has 6 heteroatoms. The highest BCUT2D eigenvalue weighted by atomic mass is 31.2. The zero-order chi connectivity index (χ0) is 6.78. The molecule has 0 rings (SSSR count). The summed E-state index contributed by atoms with van der Waals surface area (Å²) in [6.45, 7) is 0. The smallest absolute Gasteiger partial charge is 0.460 e. The van der Waals surface area contributed by atoms with Crippen LogP contribution in [0.5, 0.6) is 0 Å². The monoisotopic (exact) mass is 144 g/mol. The highest BCUT2D eigenvalue weighted by Crippen LogP contribution is 2.50. The van der Waals surface area contributed by atoms with Crippen molar-refractivity contribution in [2.45, 2.75) is 0 Å². The zero-order valence-electron chi connectivity index (χ0n) is 3.93. The van der Waals surface area contributed by atoms with Gasteiger partial charge in [0, 0.05) is 0 Å². The van der Waals surface area contributed by atoms with Crippen molar-refractivity contribution in [2.24, 2.45) is 0 Å². The van der Waals surface area contributed by atoms with Crippen LogP contribution in [0, 0.1) is 0 Å². The molecule has 0 aliphatic carbocycles. The van der Waals surface area contributed by atoms with E-state index in [4.69, 9.17) is 0 Å². The first-order chi connectivity index (χ1) is 3.48. The molecule has 0 heterocycles. The third-order valence-electron chi connectivity index (χ3n) is 0.387. The topological polar surface area (TPSA) is 43.4 Å². The maximum absolute atomic E-state index is 11.2. The van der Waals surface area contributed by atoms with Gasteiger partial charge in [-0.05, 0) is 0 Å². The van der Waals surface area contributed by atoms with E-state index in [2.05, 4.69) is 4.74 Å². The van der Waals surface area contributed by atoms with Crippen molar-refractivity contribution in [1.82, 2.24) is 0 Å². The fourth-order valence-electron chi connectivity index (χ4n) is 0.106. The van der Waals surface area contributed by atoms with Gasteiger partial charge in [0.25, 0.3) is 0 Å². The van der Waals surface area contributed by atoms with Crippen LogP contribution in [0.2, 0.25) is 0 Å². The van der Waals surface area contributed by atoms with Gasteiger partial charge in [-0.3, -0.25) is 0 Å². The minimum atomic E-state index is -5.62. The van der Waals surface area contributed by atoms with Crippen LogP contribution in [-0.2, 0) is 9.30 Å². The van der Waals surface area contributed by atoms with Gasteiger partial charge in [-0.1, -0.05) is 0 Å². The van der Waals surface area contributed by atoms with E-state index >= 15 is 0 Å². The molecule has 48 valence electrons. The second-order valence-electron chi connectivity index (χ2n) is 0.932. The first-order valence-electron chi connectivity index (χ1n) is 1.56. The van der Waals surface area contributed by atoms with E-state index in [1.54, 1.807) is 0 Å². The predicted octanol–water partition coefficient (Wildman–Crippen LogP) is 1.88. The molecule has 0 saturated carbocycles. The maximum atomic E-state index is 11.2. The Morgan fingerprint density at radius 1 is 1.62 bits per heavy atom. The summed E-state index contributed by atoms with van der Waals surface area (Å²) in [6, 6.07) is 0. The third kappa shape index (κ3) is 2.02. The van der Waals surface area contributed by atoms with Gasteiger partial charge < -0.3 is 4.74 Å². The highest BCUT2D eigenvalue weighted by Gasteiger charge is 2.32. The lowest BCUT2D eigenvalue weighted by molar-refractivity contribution is 0.193. The Bertz CT molecular complexity index is 138. The molecular formula is C2H3F2O3P. The number of hydrogen-bond donors (Lipinski definition) is 0. The van der Waals surface area contributed by atoms with Crippen LogP contribution in [0.25, 0.3) is 0 Å². The summed E-state index contributed by atoms with van der Waals surface area (Å²) in [5.41, 5.74) is -1.95. The van der Waals surface area contributed by atoms with Gasteiger partial charge in [0.15, 0.2) is 0 Å². The number of halogens is 2. The molecule has 0 aliphatic heterocycles. The standard InChI is InChI=1S/C2H3F2O3P/c1-7-2(5)8(3,4)6/h1H3. The fraction of sp³-hybridized carbons (Fsp3) is 0.500. The average molecular weight is 144 g/mol. The molecule has 0 amide bonds. The van der Waals surface area contributed by atoms with E-state index in [1.165, 1.54) is 0 Å². The Morgan fingerprint density at radius 3 is 2.00 bits per heavy atom. The van der Waals surface area contributed by atoms with E-state index in [0.29, 0.717) is 0 Å². The van der Waals surface area contributed by atoms with E-state index in [1.807, 2.05) is 0 Å². The van der Waals surface area contributed by atoms with Crippen LogP contribution in [0.1, 0.15) is 0 Å². The lowest BCUT2D eigenvalue weighted by Gasteiger charge is -1.91. The second-order valence-corrected chi connectivity index (χ2v) is 2.22. The fourth-order valence-corrected chi connectivity index (χ4v) is 0.319. The summed E-state index contributed by atoms with van der Waals surface area (Å²) in [5, 5.41) is 0. The third-order valence-corrected chi connectivity index (χ3v) is 0.995. The molecule has 0 aromatic rings. The molecule has 0 radical (unpaired) electrons. The van der Waals surface area contributed by atoms with Gasteiger partial charge in [0.05, 0.1) is 7.11 Å². The Morgan fingerprint density at radius 2 is 2.00 bits per heavy atom. The van der Waals surface area contributed by atoms with Crippen LogP contribution in [0.4, 0.5) is 13.2 Å². The van der Waals surface area contributed by atoms with Crippen molar-refractivity contribution in [3.05, 3.63) is 0 Å². The van der Waals surface area contributed by atoms with E-state index in [9.17, 15) is 17.8 Å². The van der Waals surface area contributed by atoms with Crippen LogP contribution >= 0.6 is 7.76 Å². The molecule has 3 nitrogen and oxygen atoms in total. The summed E-state index contributed by atoms with van der Waals surface area (Å²) in [4.78, 5) is 9.60. The molecule has 0 aromatic heterocycles.